The quantitative estimate of drug-likeness (QED) is 0.175. The molecule has 0 N–H and O–H groups in total. The molecule has 8 aromatic rings. The third kappa shape index (κ3) is 3.75. The minimum absolute atomic E-state index is 0.147. The average molecular weight is 736 g/mol. The van der Waals surface area contributed by atoms with Gasteiger partial charge in [0.1, 0.15) is 11.2 Å². The van der Waals surface area contributed by atoms with Gasteiger partial charge in [0.05, 0.1) is 5.69 Å². The van der Waals surface area contributed by atoms with Crippen molar-refractivity contribution >= 4 is 49.8 Å². The Morgan fingerprint density at radius 1 is 0.509 bits per heavy atom. The molecule has 0 radical (unpaired) electrons. The zero-order valence-corrected chi connectivity index (χ0v) is 32.3. The summed E-state index contributed by atoms with van der Waals surface area (Å²) in [6, 6.07) is 55.6. The van der Waals surface area contributed by atoms with Gasteiger partial charge in [-0.15, -0.1) is 0 Å². The van der Waals surface area contributed by atoms with Crippen molar-refractivity contribution in [1.82, 2.24) is 0 Å². The highest BCUT2D eigenvalue weighted by molar-refractivity contribution is 6.07. The van der Waals surface area contributed by atoms with Gasteiger partial charge in [0.25, 0.3) is 0 Å². The number of anilines is 3. The van der Waals surface area contributed by atoms with Gasteiger partial charge in [-0.3, -0.25) is 0 Å². The Hall–Kier alpha value is -5.60. The van der Waals surface area contributed by atoms with Gasteiger partial charge in [-0.25, -0.2) is 0 Å². The van der Waals surface area contributed by atoms with Gasteiger partial charge in [-0.2, -0.15) is 0 Å². The summed E-state index contributed by atoms with van der Waals surface area (Å²) in [6.45, 7) is 0. The van der Waals surface area contributed by atoms with Crippen LogP contribution in [0.2, 0.25) is 0 Å². The van der Waals surface area contributed by atoms with Crippen LogP contribution in [-0.4, -0.2) is 0 Å². The van der Waals surface area contributed by atoms with Crippen LogP contribution in [0.5, 0.6) is 0 Å². The Morgan fingerprint density at radius 2 is 1.19 bits per heavy atom. The first-order valence-electron chi connectivity index (χ1n) is 21.8. The Labute approximate surface area is 334 Å². The van der Waals surface area contributed by atoms with E-state index in [1.165, 1.54) is 107 Å². The molecule has 1 heterocycles. The molecule has 14 rings (SSSR count). The van der Waals surface area contributed by atoms with Gasteiger partial charge in [0, 0.05) is 39.2 Å². The number of hydrogen-bond donors (Lipinski definition) is 0. The molecular formula is C55H45NO. The summed E-state index contributed by atoms with van der Waals surface area (Å²) < 4.78 is 6.60. The van der Waals surface area contributed by atoms with E-state index in [-0.39, 0.29) is 5.41 Å². The number of hydrogen-bond acceptors (Lipinski definition) is 2. The lowest BCUT2D eigenvalue weighted by molar-refractivity contribution is -0.412. The van der Waals surface area contributed by atoms with Crippen LogP contribution in [0.15, 0.2) is 150 Å². The van der Waals surface area contributed by atoms with Crippen molar-refractivity contribution in [1.29, 1.82) is 0 Å². The number of para-hydroxylation sites is 2. The van der Waals surface area contributed by atoms with E-state index in [9.17, 15) is 0 Å². The molecule has 57 heavy (non-hydrogen) atoms. The van der Waals surface area contributed by atoms with Crippen LogP contribution in [0.1, 0.15) is 74.0 Å². The Kier molecular flexibility index (Phi) is 6.11. The summed E-state index contributed by atoms with van der Waals surface area (Å²) in [5.41, 5.74) is 16.5. The maximum Gasteiger partial charge on any atom is 0.137 e. The molecule has 0 amide bonds. The molecule has 4 atom stereocenters. The summed E-state index contributed by atoms with van der Waals surface area (Å²) in [6.07, 6.45) is 10.9. The molecule has 0 aliphatic heterocycles. The van der Waals surface area contributed by atoms with Gasteiger partial charge < -0.3 is 9.32 Å². The molecule has 276 valence electrons. The first kappa shape index (κ1) is 31.5. The fourth-order valence-electron chi connectivity index (χ4n) is 14.6. The molecule has 5 fully saturated rings. The van der Waals surface area contributed by atoms with Crippen LogP contribution in [0.25, 0.3) is 55.0 Å². The van der Waals surface area contributed by atoms with E-state index in [4.69, 9.17) is 4.42 Å². The van der Waals surface area contributed by atoms with Gasteiger partial charge in [-0.1, -0.05) is 122 Å². The van der Waals surface area contributed by atoms with E-state index < -0.39 is 0 Å². The Morgan fingerprint density at radius 3 is 2.05 bits per heavy atom. The molecule has 6 aliphatic carbocycles. The zero-order valence-electron chi connectivity index (χ0n) is 32.3. The van der Waals surface area contributed by atoms with E-state index in [0.29, 0.717) is 11.3 Å². The summed E-state index contributed by atoms with van der Waals surface area (Å²) >= 11 is 0. The Bertz CT molecular complexity index is 2970. The van der Waals surface area contributed by atoms with Crippen molar-refractivity contribution in [3.63, 3.8) is 0 Å². The largest absolute Gasteiger partial charge is 0.456 e. The fraction of sp³-hybridized carbons (Fsp3) is 0.273. The molecule has 2 heteroatoms. The van der Waals surface area contributed by atoms with Crippen LogP contribution in [-0.2, 0) is 5.41 Å². The fourth-order valence-corrected chi connectivity index (χ4v) is 14.6. The lowest BCUT2D eigenvalue weighted by Crippen LogP contribution is -2.88. The SMILES string of the molecule is c1ccc(N(c2ccc3c(c2)C2(c4ccccc4-3)C3CC4CC5CC2C453)c2ccc3c(c2)oc2ccccc23)c(-c2cccc3cccc(C4CCCCC4)c23)c1. The molecule has 6 aliphatic rings. The number of rotatable bonds is 5. The zero-order chi connectivity index (χ0) is 37.0. The van der Waals surface area contributed by atoms with Crippen molar-refractivity contribution in [2.45, 2.75) is 62.7 Å². The van der Waals surface area contributed by atoms with E-state index in [0.717, 1.165) is 45.9 Å². The van der Waals surface area contributed by atoms with E-state index in [2.05, 4.69) is 150 Å². The van der Waals surface area contributed by atoms with Gasteiger partial charge >= 0.3 is 0 Å². The smallest absolute Gasteiger partial charge is 0.137 e. The van der Waals surface area contributed by atoms with Crippen LogP contribution < -0.4 is 4.90 Å². The maximum absolute atomic E-state index is 6.60. The highest BCUT2D eigenvalue weighted by Gasteiger charge is 2.90. The topological polar surface area (TPSA) is 16.4 Å². The highest BCUT2D eigenvalue weighted by atomic mass is 16.3. The molecule has 2 spiro atoms. The first-order chi connectivity index (χ1) is 28.2. The Balaban J connectivity index is 1.00. The average Bonchev–Trinajstić information content (AvgIpc) is 3.76. The summed E-state index contributed by atoms with van der Waals surface area (Å²) in [5.74, 6) is 4.14. The van der Waals surface area contributed by atoms with Crippen molar-refractivity contribution < 1.29 is 4.42 Å². The lowest BCUT2D eigenvalue weighted by Gasteiger charge is -2.92. The monoisotopic (exact) mass is 735 g/mol. The number of nitrogens with zero attached hydrogens (tertiary/aromatic N) is 1. The third-order valence-corrected chi connectivity index (χ3v) is 16.7. The number of benzene rings is 7. The molecule has 5 saturated carbocycles. The van der Waals surface area contributed by atoms with Gasteiger partial charge in [0.15, 0.2) is 0 Å². The minimum atomic E-state index is 0.147. The second-order valence-corrected chi connectivity index (χ2v) is 18.6. The van der Waals surface area contributed by atoms with Crippen molar-refractivity contribution in [3.05, 3.63) is 162 Å². The molecule has 0 saturated heterocycles. The van der Waals surface area contributed by atoms with Crippen LogP contribution in [0.3, 0.4) is 0 Å². The molecule has 0 bridgehead atoms. The van der Waals surface area contributed by atoms with E-state index in [1.54, 1.807) is 11.1 Å². The standard InChI is InChI=1S/C55H45NO/c1-2-12-33(13-3-1)39-19-10-14-34-15-11-20-45(53(34)39)42-17-5-8-22-48(42)56(38-25-27-44-43-18-6-9-23-49(43)57-50(44)32-38)37-24-26-41-40-16-4-7-21-46(40)55(47(41)31-37)51-29-35-28-36-30-52(55)54(35,36)51/h4-11,14-27,31-33,35-36,51-52H,1-3,12-13,28-30H2. The molecule has 2 nitrogen and oxygen atoms in total. The van der Waals surface area contributed by atoms with E-state index in [1.807, 2.05) is 0 Å². The first-order valence-corrected chi connectivity index (χ1v) is 21.8. The molecule has 4 unspecified atom stereocenters. The summed E-state index contributed by atoms with van der Waals surface area (Å²) in [4.78, 5) is 2.56. The summed E-state index contributed by atoms with van der Waals surface area (Å²) in [7, 11) is 0. The van der Waals surface area contributed by atoms with Gasteiger partial charge in [-0.05, 0) is 148 Å². The van der Waals surface area contributed by atoms with Crippen molar-refractivity contribution in [3.8, 4) is 22.3 Å². The lowest BCUT2D eigenvalue weighted by atomic mass is 9.11. The van der Waals surface area contributed by atoms with Crippen LogP contribution in [0, 0.1) is 29.1 Å². The van der Waals surface area contributed by atoms with Crippen LogP contribution >= 0.6 is 0 Å². The number of fused-ring (bicyclic) bond motifs is 11. The van der Waals surface area contributed by atoms with Crippen molar-refractivity contribution in [2.75, 3.05) is 4.90 Å². The summed E-state index contributed by atoms with van der Waals surface area (Å²) in [5, 5.41) is 5.10. The second kappa shape index (κ2) is 11.1. The molecule has 7 aromatic carbocycles. The third-order valence-electron chi connectivity index (χ3n) is 16.7. The van der Waals surface area contributed by atoms with Gasteiger partial charge in [0.2, 0.25) is 0 Å². The molecular weight excluding hydrogens is 691 g/mol. The van der Waals surface area contributed by atoms with Crippen molar-refractivity contribution in [2.24, 2.45) is 29.1 Å². The normalized spacial score (nSPS) is 27.5. The predicted molar refractivity (Wildman–Crippen MR) is 234 cm³/mol. The maximum atomic E-state index is 6.60. The highest BCUT2D eigenvalue weighted by Crippen LogP contribution is 2.94. The minimum Gasteiger partial charge on any atom is -0.456 e. The van der Waals surface area contributed by atoms with Crippen LogP contribution in [0.4, 0.5) is 17.1 Å². The van der Waals surface area contributed by atoms with E-state index >= 15 is 0 Å². The molecule has 1 aromatic heterocycles. The predicted octanol–water partition coefficient (Wildman–Crippen LogP) is 14.9. The second-order valence-electron chi connectivity index (χ2n) is 18.6. The number of furan rings is 1.